The van der Waals surface area contributed by atoms with Crippen LogP contribution in [0.5, 0.6) is 0 Å². The highest BCUT2D eigenvalue weighted by Gasteiger charge is 2.38. The minimum absolute atomic E-state index is 0.0790. The number of para-hydroxylation sites is 1. The van der Waals surface area contributed by atoms with Crippen molar-refractivity contribution in [1.82, 2.24) is 20.5 Å². The van der Waals surface area contributed by atoms with Crippen LogP contribution < -0.4 is 16.4 Å². The minimum Gasteiger partial charge on any atom is -0.481 e. The number of benzene rings is 1. The molecule has 0 radical (unpaired) electrons. The van der Waals surface area contributed by atoms with E-state index < -0.39 is 60.2 Å². The summed E-state index contributed by atoms with van der Waals surface area (Å²) < 4.78 is 0. The van der Waals surface area contributed by atoms with Crippen LogP contribution in [0, 0.1) is 0 Å². The molecule has 1 saturated heterocycles. The Kier molecular flexibility index (Phi) is 10.1. The van der Waals surface area contributed by atoms with Gasteiger partial charge in [-0.1, -0.05) is 18.2 Å². The van der Waals surface area contributed by atoms with Crippen LogP contribution in [0.3, 0.4) is 0 Å². The number of carboxylic acids is 2. The smallest absolute Gasteiger partial charge is 0.326 e. The van der Waals surface area contributed by atoms with Crippen LogP contribution in [-0.4, -0.2) is 92.5 Å². The molecule has 206 valence electrons. The second-order valence-corrected chi connectivity index (χ2v) is 10.2. The fourth-order valence-electron chi connectivity index (χ4n) is 4.55. The molecule has 4 unspecified atom stereocenters. The largest absolute Gasteiger partial charge is 0.481 e. The van der Waals surface area contributed by atoms with Gasteiger partial charge in [-0.15, -0.1) is 0 Å². The molecule has 2 aromatic rings. The molecule has 1 aliphatic heterocycles. The number of amides is 3. The second-order valence-electron chi connectivity index (χ2n) is 9.20. The quantitative estimate of drug-likeness (QED) is 0.205. The Bertz CT molecular complexity index is 1190. The summed E-state index contributed by atoms with van der Waals surface area (Å²) in [4.78, 5) is 66.5. The van der Waals surface area contributed by atoms with Crippen molar-refractivity contribution in [1.29, 1.82) is 0 Å². The number of thioether (sulfide) groups is 1. The Hall–Kier alpha value is -3.58. The number of carbonyl (C=O) groups is 5. The average molecular weight is 548 g/mol. The highest BCUT2D eigenvalue weighted by molar-refractivity contribution is 7.98. The van der Waals surface area contributed by atoms with Crippen molar-refractivity contribution in [3.05, 3.63) is 36.0 Å². The summed E-state index contributed by atoms with van der Waals surface area (Å²) in [5.74, 6) is -3.77. The van der Waals surface area contributed by atoms with Crippen molar-refractivity contribution in [3.8, 4) is 0 Å². The molecule has 1 aliphatic rings. The predicted octanol–water partition coefficient (Wildman–Crippen LogP) is 0.311. The standard InChI is InChI=1S/C25H33N5O7S/c1-38-10-8-18(25(36)37)28-22(33)19(11-14-13-27-17-6-3-2-5-15(14)17)29-23(34)20-7-4-9-30(20)24(35)16(26)12-21(31)32/h2-3,5-6,13,16,18-20,27H,4,7-12,26H2,1H3,(H,28,33)(H,29,34)(H,31,32)(H,36,37). The molecule has 4 atom stereocenters. The van der Waals surface area contributed by atoms with Gasteiger partial charge in [0.2, 0.25) is 17.7 Å². The maximum atomic E-state index is 13.3. The summed E-state index contributed by atoms with van der Waals surface area (Å²) in [6, 6.07) is 2.98. The van der Waals surface area contributed by atoms with Crippen molar-refractivity contribution < 1.29 is 34.2 Å². The molecule has 0 saturated carbocycles. The number of hydrogen-bond donors (Lipinski definition) is 6. The van der Waals surface area contributed by atoms with Crippen LogP contribution >= 0.6 is 11.8 Å². The van der Waals surface area contributed by atoms with Gasteiger partial charge in [0.1, 0.15) is 18.1 Å². The zero-order chi connectivity index (χ0) is 27.8. The van der Waals surface area contributed by atoms with Gasteiger partial charge in [-0.25, -0.2) is 4.79 Å². The van der Waals surface area contributed by atoms with Crippen molar-refractivity contribution in [2.75, 3.05) is 18.6 Å². The van der Waals surface area contributed by atoms with Crippen molar-refractivity contribution in [3.63, 3.8) is 0 Å². The minimum atomic E-state index is -1.29. The van der Waals surface area contributed by atoms with E-state index in [9.17, 15) is 29.1 Å². The van der Waals surface area contributed by atoms with Crippen LogP contribution in [0.25, 0.3) is 10.9 Å². The molecule has 0 aliphatic carbocycles. The van der Waals surface area contributed by atoms with Crippen LogP contribution in [0.1, 0.15) is 31.2 Å². The molecule has 2 heterocycles. The number of carboxylic acid groups (broad SMARTS) is 2. The van der Waals surface area contributed by atoms with Gasteiger partial charge in [0.05, 0.1) is 12.5 Å². The first-order valence-corrected chi connectivity index (χ1v) is 13.7. The van der Waals surface area contributed by atoms with E-state index in [4.69, 9.17) is 10.8 Å². The zero-order valence-electron chi connectivity index (χ0n) is 21.0. The summed E-state index contributed by atoms with van der Waals surface area (Å²) in [5.41, 5.74) is 7.34. The van der Waals surface area contributed by atoms with Crippen LogP contribution in [0.4, 0.5) is 0 Å². The van der Waals surface area contributed by atoms with Gasteiger partial charge >= 0.3 is 11.9 Å². The number of likely N-dealkylation sites (tertiary alicyclic amines) is 1. The molecule has 13 heteroatoms. The summed E-state index contributed by atoms with van der Waals surface area (Å²) >= 11 is 1.45. The molecule has 1 fully saturated rings. The number of rotatable bonds is 13. The monoisotopic (exact) mass is 547 g/mol. The van der Waals surface area contributed by atoms with Gasteiger partial charge in [0.25, 0.3) is 0 Å². The van der Waals surface area contributed by atoms with Gasteiger partial charge < -0.3 is 36.5 Å². The second kappa shape index (κ2) is 13.3. The Morgan fingerprint density at radius 3 is 2.58 bits per heavy atom. The first-order valence-electron chi connectivity index (χ1n) is 12.3. The van der Waals surface area contributed by atoms with Crippen molar-refractivity contribution >= 4 is 52.3 Å². The molecular weight excluding hydrogens is 514 g/mol. The predicted molar refractivity (Wildman–Crippen MR) is 141 cm³/mol. The first kappa shape index (κ1) is 29.0. The van der Waals surface area contributed by atoms with Crippen LogP contribution in [0.2, 0.25) is 0 Å². The van der Waals surface area contributed by atoms with E-state index >= 15 is 0 Å². The lowest BCUT2D eigenvalue weighted by atomic mass is 10.0. The molecule has 1 aromatic carbocycles. The number of aromatic amines is 1. The number of carbonyl (C=O) groups excluding carboxylic acids is 3. The Morgan fingerprint density at radius 1 is 1.16 bits per heavy atom. The average Bonchev–Trinajstić information content (AvgIpc) is 3.52. The summed E-state index contributed by atoms with van der Waals surface area (Å²) in [5, 5.41) is 24.7. The fraction of sp³-hybridized carbons (Fsp3) is 0.480. The number of H-pyrrole nitrogens is 1. The normalized spacial score (nSPS) is 17.5. The lowest BCUT2D eigenvalue weighted by Gasteiger charge is -2.28. The van der Waals surface area contributed by atoms with Gasteiger partial charge in [0, 0.05) is 30.1 Å². The number of aromatic nitrogens is 1. The van der Waals surface area contributed by atoms with E-state index in [-0.39, 0.29) is 19.4 Å². The van der Waals surface area contributed by atoms with E-state index in [0.717, 1.165) is 16.5 Å². The summed E-state index contributed by atoms with van der Waals surface area (Å²) in [6.07, 6.45) is 4.12. The zero-order valence-corrected chi connectivity index (χ0v) is 21.8. The number of fused-ring (bicyclic) bond motifs is 1. The molecule has 7 N–H and O–H groups in total. The van der Waals surface area contributed by atoms with Gasteiger partial charge in [-0.05, 0) is 42.9 Å². The van der Waals surface area contributed by atoms with Gasteiger partial charge in [-0.3, -0.25) is 19.2 Å². The third kappa shape index (κ3) is 7.25. The topological polar surface area (TPSA) is 195 Å². The third-order valence-electron chi connectivity index (χ3n) is 6.51. The maximum absolute atomic E-state index is 13.3. The Balaban J connectivity index is 1.81. The van der Waals surface area contributed by atoms with E-state index in [1.165, 1.54) is 16.7 Å². The van der Waals surface area contributed by atoms with E-state index in [1.54, 1.807) is 6.20 Å². The Labute approximate surface area is 223 Å². The van der Waals surface area contributed by atoms with Crippen molar-refractivity contribution in [2.24, 2.45) is 5.73 Å². The number of hydrogen-bond acceptors (Lipinski definition) is 7. The van der Waals surface area contributed by atoms with E-state index in [0.29, 0.717) is 18.6 Å². The molecule has 38 heavy (non-hydrogen) atoms. The molecule has 3 amide bonds. The van der Waals surface area contributed by atoms with Gasteiger partial charge in [-0.2, -0.15) is 11.8 Å². The number of aliphatic carboxylic acids is 2. The molecule has 3 rings (SSSR count). The van der Waals surface area contributed by atoms with E-state index in [2.05, 4.69) is 15.6 Å². The molecule has 0 spiro atoms. The SMILES string of the molecule is CSCCC(NC(=O)C(Cc1c[nH]c2ccccc12)NC(=O)C1CCCN1C(=O)C(N)CC(=O)O)C(=O)O. The molecular formula is C25H33N5O7S. The number of nitrogens with one attached hydrogen (secondary N) is 3. The molecule has 1 aromatic heterocycles. The van der Waals surface area contributed by atoms with Crippen LogP contribution in [-0.2, 0) is 30.4 Å². The number of nitrogens with two attached hydrogens (primary N) is 1. The fourth-order valence-corrected chi connectivity index (χ4v) is 5.03. The lowest BCUT2D eigenvalue weighted by Crippen LogP contribution is -2.57. The van der Waals surface area contributed by atoms with Gasteiger partial charge in [0.15, 0.2) is 0 Å². The summed E-state index contributed by atoms with van der Waals surface area (Å²) in [7, 11) is 0. The number of nitrogens with zero attached hydrogens (tertiary/aromatic N) is 1. The lowest BCUT2D eigenvalue weighted by molar-refractivity contribution is -0.144. The van der Waals surface area contributed by atoms with E-state index in [1.807, 2.05) is 30.5 Å². The highest BCUT2D eigenvalue weighted by Crippen LogP contribution is 2.21. The maximum Gasteiger partial charge on any atom is 0.326 e. The molecule has 12 nitrogen and oxygen atoms in total. The highest BCUT2D eigenvalue weighted by atomic mass is 32.2. The Morgan fingerprint density at radius 2 is 1.89 bits per heavy atom. The van der Waals surface area contributed by atoms with Crippen molar-refractivity contribution in [2.45, 2.75) is 56.3 Å². The first-order chi connectivity index (χ1) is 18.1. The third-order valence-corrected chi connectivity index (χ3v) is 7.15. The van der Waals surface area contributed by atoms with Crippen LogP contribution in [0.15, 0.2) is 30.5 Å². The molecule has 0 bridgehead atoms. The summed E-state index contributed by atoms with van der Waals surface area (Å²) in [6.45, 7) is 0.235.